The number of carboxylic acids is 1. The van der Waals surface area contributed by atoms with E-state index in [0.29, 0.717) is 34.3 Å². The van der Waals surface area contributed by atoms with Crippen LogP contribution < -0.4 is 5.32 Å². The summed E-state index contributed by atoms with van der Waals surface area (Å²) in [5.41, 5.74) is 1.91. The van der Waals surface area contributed by atoms with Crippen molar-refractivity contribution in [1.82, 2.24) is 4.98 Å². The molecule has 1 aliphatic heterocycles. The number of benzene rings is 2. The van der Waals surface area contributed by atoms with Gasteiger partial charge in [-0.2, -0.15) is 0 Å². The molecule has 0 bridgehead atoms. The largest absolute Gasteiger partial charge is 0.508 e. The van der Waals surface area contributed by atoms with E-state index in [0.717, 1.165) is 0 Å². The maximum absolute atomic E-state index is 12.2. The smallest absolute Gasteiger partial charge is 0.339 e. The van der Waals surface area contributed by atoms with E-state index >= 15 is 0 Å². The third-order valence-corrected chi connectivity index (χ3v) is 6.22. The van der Waals surface area contributed by atoms with Gasteiger partial charge in [0, 0.05) is 17.3 Å². The molecule has 0 amide bonds. The van der Waals surface area contributed by atoms with E-state index in [1.807, 2.05) is 0 Å². The summed E-state index contributed by atoms with van der Waals surface area (Å²) in [4.78, 5) is 16.1. The number of hydrogen-bond acceptors (Lipinski definition) is 6. The zero-order chi connectivity index (χ0) is 18.5. The number of aromatic nitrogens is 1. The van der Waals surface area contributed by atoms with Gasteiger partial charge >= 0.3 is 5.97 Å². The van der Waals surface area contributed by atoms with E-state index in [-0.39, 0.29) is 22.0 Å². The third kappa shape index (κ3) is 2.55. The number of nitrogens with one attached hydrogen (secondary N) is 1. The summed E-state index contributed by atoms with van der Waals surface area (Å²) in [6.45, 7) is 0. The molecule has 0 fully saturated rings. The summed E-state index contributed by atoms with van der Waals surface area (Å²) in [6, 6.07) is 9.27. The number of nitrogens with zero attached hydrogens (tertiary/aromatic N) is 1. The molecule has 0 saturated heterocycles. The number of anilines is 2. The standard InChI is InChI=1S/C18H14N2O5S/c21-11-3-1-10(2-4-11)20-17-13(18(22)23)9-19-14-5-6-15-12(16(14)17)7-8-26(15,24)25/h1-6,9,21H,7-8H2,(H,19,20)(H,22,23). The van der Waals surface area contributed by atoms with Crippen molar-refractivity contribution < 1.29 is 23.4 Å². The number of pyridine rings is 1. The highest BCUT2D eigenvalue weighted by Gasteiger charge is 2.30. The summed E-state index contributed by atoms with van der Waals surface area (Å²) >= 11 is 0. The van der Waals surface area contributed by atoms with Crippen molar-refractivity contribution in [2.45, 2.75) is 11.3 Å². The van der Waals surface area contributed by atoms with Crippen molar-refractivity contribution >= 4 is 38.1 Å². The molecule has 4 rings (SSSR count). The fraction of sp³-hybridized carbons (Fsp3) is 0.111. The fourth-order valence-corrected chi connectivity index (χ4v) is 4.75. The Labute approximate surface area is 148 Å². The molecular weight excluding hydrogens is 356 g/mol. The number of aryl methyl sites for hydroxylation is 1. The van der Waals surface area contributed by atoms with Crippen molar-refractivity contribution in [3.63, 3.8) is 0 Å². The van der Waals surface area contributed by atoms with Gasteiger partial charge in [-0.25, -0.2) is 13.2 Å². The molecule has 0 unspecified atom stereocenters. The number of aromatic carboxylic acids is 1. The predicted molar refractivity (Wildman–Crippen MR) is 95.8 cm³/mol. The number of carbonyl (C=O) groups is 1. The quantitative estimate of drug-likeness (QED) is 0.607. The van der Waals surface area contributed by atoms with Crippen molar-refractivity contribution in [2.75, 3.05) is 11.1 Å². The Kier molecular flexibility index (Phi) is 3.58. The first kappa shape index (κ1) is 16.3. The van der Waals surface area contributed by atoms with Gasteiger partial charge in [-0.3, -0.25) is 4.98 Å². The fourth-order valence-electron chi connectivity index (χ4n) is 3.20. The third-order valence-electron chi connectivity index (χ3n) is 4.42. The van der Waals surface area contributed by atoms with Gasteiger partial charge in [-0.05, 0) is 48.4 Å². The van der Waals surface area contributed by atoms with Crippen molar-refractivity contribution in [1.29, 1.82) is 0 Å². The number of fused-ring (bicyclic) bond motifs is 3. The van der Waals surface area contributed by atoms with Crippen LogP contribution in [0, 0.1) is 0 Å². The molecule has 0 radical (unpaired) electrons. The highest BCUT2D eigenvalue weighted by Crippen LogP contribution is 2.38. The number of rotatable bonds is 3. The van der Waals surface area contributed by atoms with E-state index in [4.69, 9.17) is 0 Å². The van der Waals surface area contributed by atoms with Gasteiger partial charge in [0.25, 0.3) is 0 Å². The minimum Gasteiger partial charge on any atom is -0.508 e. The first-order valence-electron chi connectivity index (χ1n) is 7.83. The molecule has 0 atom stereocenters. The van der Waals surface area contributed by atoms with E-state index in [1.165, 1.54) is 24.4 Å². The van der Waals surface area contributed by atoms with Crippen LogP contribution >= 0.6 is 0 Å². The van der Waals surface area contributed by atoms with E-state index < -0.39 is 15.8 Å². The van der Waals surface area contributed by atoms with Crippen molar-refractivity contribution in [3.8, 4) is 5.75 Å². The van der Waals surface area contributed by atoms with Crippen LogP contribution in [0.4, 0.5) is 11.4 Å². The summed E-state index contributed by atoms with van der Waals surface area (Å²) in [7, 11) is -3.36. The van der Waals surface area contributed by atoms with Crippen LogP contribution in [0.1, 0.15) is 15.9 Å². The summed E-state index contributed by atoms with van der Waals surface area (Å²) in [5.74, 6) is -1.09. The second kappa shape index (κ2) is 5.70. The van der Waals surface area contributed by atoms with Gasteiger partial charge in [0.1, 0.15) is 11.3 Å². The number of sulfone groups is 1. The number of phenols is 1. The molecule has 2 aromatic carbocycles. The van der Waals surface area contributed by atoms with Crippen molar-refractivity contribution in [2.24, 2.45) is 0 Å². The van der Waals surface area contributed by atoms with E-state index in [1.54, 1.807) is 18.2 Å². The van der Waals surface area contributed by atoms with Crippen LogP contribution in [0.15, 0.2) is 47.5 Å². The Bertz CT molecular complexity index is 1150. The average Bonchev–Trinajstić information content (AvgIpc) is 2.92. The van der Waals surface area contributed by atoms with Gasteiger partial charge in [-0.1, -0.05) is 0 Å². The lowest BCUT2D eigenvalue weighted by atomic mass is 10.0. The molecule has 1 aromatic heterocycles. The topological polar surface area (TPSA) is 117 Å². The van der Waals surface area contributed by atoms with Crippen LogP contribution in [0.3, 0.4) is 0 Å². The highest BCUT2D eigenvalue weighted by atomic mass is 32.2. The van der Waals surface area contributed by atoms with Crippen LogP contribution in [-0.2, 0) is 16.3 Å². The zero-order valence-electron chi connectivity index (χ0n) is 13.4. The summed E-state index contributed by atoms with van der Waals surface area (Å²) < 4.78 is 24.5. The van der Waals surface area contributed by atoms with Gasteiger partial charge in [-0.15, -0.1) is 0 Å². The Morgan fingerprint density at radius 1 is 1.12 bits per heavy atom. The molecule has 0 saturated carbocycles. The average molecular weight is 370 g/mol. The van der Waals surface area contributed by atoms with Crippen LogP contribution in [0.25, 0.3) is 10.9 Å². The monoisotopic (exact) mass is 370 g/mol. The Balaban J connectivity index is 2.01. The molecule has 132 valence electrons. The van der Waals surface area contributed by atoms with Gasteiger partial charge in [0.15, 0.2) is 9.84 Å². The SMILES string of the molecule is O=C(O)c1cnc2ccc3c(c2c1Nc1ccc(O)cc1)CCS3(=O)=O. The minimum atomic E-state index is -3.36. The highest BCUT2D eigenvalue weighted by molar-refractivity contribution is 7.91. The number of phenolic OH excluding ortho intramolecular Hbond substituents is 1. The Morgan fingerprint density at radius 2 is 1.85 bits per heavy atom. The number of hydrogen-bond donors (Lipinski definition) is 3. The number of carboxylic acid groups (broad SMARTS) is 1. The predicted octanol–water partition coefficient (Wildman–Crippen LogP) is 2.71. The van der Waals surface area contributed by atoms with E-state index in [9.17, 15) is 23.4 Å². The summed E-state index contributed by atoms with van der Waals surface area (Å²) in [5, 5.41) is 22.5. The van der Waals surface area contributed by atoms with Crippen LogP contribution in [0.5, 0.6) is 5.75 Å². The lowest BCUT2D eigenvalue weighted by Crippen LogP contribution is -2.06. The van der Waals surface area contributed by atoms with Crippen molar-refractivity contribution in [3.05, 3.63) is 53.7 Å². The lowest BCUT2D eigenvalue weighted by molar-refractivity contribution is 0.0697. The molecular formula is C18H14N2O5S. The number of aromatic hydroxyl groups is 1. The van der Waals surface area contributed by atoms with Gasteiger partial charge in [0.05, 0.1) is 21.9 Å². The molecule has 26 heavy (non-hydrogen) atoms. The molecule has 3 N–H and O–H groups in total. The molecule has 0 aliphatic carbocycles. The van der Waals surface area contributed by atoms with Crippen LogP contribution in [-0.4, -0.2) is 35.3 Å². The first-order chi connectivity index (χ1) is 12.4. The minimum absolute atomic E-state index is 0.00258. The maximum Gasteiger partial charge on any atom is 0.339 e. The second-order valence-electron chi connectivity index (χ2n) is 6.03. The molecule has 1 aliphatic rings. The molecule has 7 nitrogen and oxygen atoms in total. The first-order valence-corrected chi connectivity index (χ1v) is 9.49. The molecule has 3 aromatic rings. The van der Waals surface area contributed by atoms with Gasteiger partial charge in [0.2, 0.25) is 0 Å². The maximum atomic E-state index is 12.2. The molecule has 2 heterocycles. The second-order valence-corrected chi connectivity index (χ2v) is 8.11. The lowest BCUT2D eigenvalue weighted by Gasteiger charge is -2.15. The molecule has 8 heteroatoms. The molecule has 0 spiro atoms. The van der Waals surface area contributed by atoms with E-state index in [2.05, 4.69) is 10.3 Å². The zero-order valence-corrected chi connectivity index (χ0v) is 14.2. The normalized spacial score (nSPS) is 14.9. The van der Waals surface area contributed by atoms with Gasteiger partial charge < -0.3 is 15.5 Å². The summed E-state index contributed by atoms with van der Waals surface area (Å²) in [6.07, 6.45) is 1.56. The van der Waals surface area contributed by atoms with Crippen LogP contribution in [0.2, 0.25) is 0 Å². The Hall–Kier alpha value is -3.13. The Morgan fingerprint density at radius 3 is 2.54 bits per heavy atom.